The van der Waals surface area contributed by atoms with Crippen molar-refractivity contribution in [1.82, 2.24) is 0 Å². The van der Waals surface area contributed by atoms with Crippen LogP contribution in [0.4, 0.5) is 4.39 Å². The normalized spacial score (nSPS) is 10.9. The van der Waals surface area contributed by atoms with Crippen molar-refractivity contribution >= 4 is 10.8 Å². The molecule has 0 nitrogen and oxygen atoms in total. The lowest BCUT2D eigenvalue weighted by Gasteiger charge is -2.08. The maximum atomic E-state index is 15.3. The Bertz CT molecular complexity index is 1320. The largest absolute Gasteiger partial charge is 0.205 e. The quantitative estimate of drug-likeness (QED) is 0.158. The Morgan fingerprint density at radius 3 is 1.89 bits per heavy atom. The molecule has 0 radical (unpaired) electrons. The zero-order chi connectivity index (χ0) is 25.2. The summed E-state index contributed by atoms with van der Waals surface area (Å²) in [5, 5.41) is 1.51. The van der Waals surface area contributed by atoms with E-state index in [2.05, 4.69) is 68.2 Å². The molecule has 36 heavy (non-hydrogen) atoms. The van der Waals surface area contributed by atoms with Crippen LogP contribution in [-0.4, -0.2) is 0 Å². The first kappa shape index (κ1) is 25.7. The van der Waals surface area contributed by atoms with Crippen LogP contribution in [0.15, 0.2) is 78.9 Å². The summed E-state index contributed by atoms with van der Waals surface area (Å²) >= 11 is 0. The van der Waals surface area contributed by atoms with Gasteiger partial charge in [0.25, 0.3) is 0 Å². The predicted molar refractivity (Wildman–Crippen MR) is 153 cm³/mol. The molecule has 0 atom stereocenters. The van der Waals surface area contributed by atoms with Crippen LogP contribution in [0.1, 0.15) is 81.0 Å². The van der Waals surface area contributed by atoms with Crippen molar-refractivity contribution in [2.45, 2.75) is 71.6 Å². The monoisotopic (exact) mass is 476 g/mol. The van der Waals surface area contributed by atoms with E-state index in [-0.39, 0.29) is 5.82 Å². The lowest BCUT2D eigenvalue weighted by Crippen LogP contribution is -1.89. The molecule has 0 N–H and O–H groups in total. The van der Waals surface area contributed by atoms with E-state index in [9.17, 15) is 0 Å². The Balaban J connectivity index is 1.46. The van der Waals surface area contributed by atoms with Gasteiger partial charge in [0.15, 0.2) is 0 Å². The van der Waals surface area contributed by atoms with E-state index in [0.29, 0.717) is 10.9 Å². The average Bonchev–Trinajstić information content (AvgIpc) is 2.92. The standard InChI is InChI=1S/C35H37F/c1-3-5-7-9-11-28-16-19-30(20-17-28)32-24-25-34-33(26-32)23-22-31(35(34)36)21-18-29-14-12-27(13-15-29)10-8-6-4-2/h12-17,19-20,22-26H,3-11H2,1-2H3. The number of aryl methyl sites for hydroxylation is 2. The van der Waals surface area contributed by atoms with E-state index in [1.165, 1.54) is 56.1 Å². The summed E-state index contributed by atoms with van der Waals surface area (Å²) in [6, 6.07) is 26.9. The highest BCUT2D eigenvalue weighted by Crippen LogP contribution is 2.28. The topological polar surface area (TPSA) is 0 Å². The van der Waals surface area contributed by atoms with Crippen molar-refractivity contribution in [2.24, 2.45) is 0 Å². The first-order valence-corrected chi connectivity index (χ1v) is 13.6. The van der Waals surface area contributed by atoms with Crippen LogP contribution in [0.2, 0.25) is 0 Å². The van der Waals surface area contributed by atoms with E-state index < -0.39 is 0 Å². The molecule has 0 spiro atoms. The van der Waals surface area contributed by atoms with E-state index in [4.69, 9.17) is 0 Å². The zero-order valence-corrected chi connectivity index (χ0v) is 21.7. The second-order valence-corrected chi connectivity index (χ2v) is 9.77. The van der Waals surface area contributed by atoms with Crippen LogP contribution in [0.25, 0.3) is 21.9 Å². The summed E-state index contributed by atoms with van der Waals surface area (Å²) in [4.78, 5) is 0. The van der Waals surface area contributed by atoms with Gasteiger partial charge in [0, 0.05) is 10.9 Å². The highest BCUT2D eigenvalue weighted by Gasteiger charge is 2.08. The minimum atomic E-state index is -0.245. The molecule has 0 bridgehead atoms. The molecule has 0 unspecified atom stereocenters. The van der Waals surface area contributed by atoms with Gasteiger partial charge in [-0.15, -0.1) is 0 Å². The van der Waals surface area contributed by atoms with Gasteiger partial charge in [-0.25, -0.2) is 4.39 Å². The van der Waals surface area contributed by atoms with Crippen molar-refractivity contribution in [3.8, 4) is 23.0 Å². The summed E-state index contributed by atoms with van der Waals surface area (Å²) < 4.78 is 15.3. The molecule has 0 aliphatic carbocycles. The van der Waals surface area contributed by atoms with Gasteiger partial charge in [0.05, 0.1) is 5.56 Å². The Labute approximate surface area is 216 Å². The number of rotatable bonds is 10. The fraction of sp³-hybridized carbons (Fsp3) is 0.314. The molecular weight excluding hydrogens is 439 g/mol. The molecule has 0 saturated carbocycles. The van der Waals surface area contributed by atoms with Crippen LogP contribution < -0.4 is 0 Å². The van der Waals surface area contributed by atoms with Crippen LogP contribution in [0, 0.1) is 17.7 Å². The Morgan fingerprint density at radius 2 is 1.19 bits per heavy atom. The van der Waals surface area contributed by atoms with Gasteiger partial charge >= 0.3 is 0 Å². The minimum absolute atomic E-state index is 0.245. The number of unbranched alkanes of at least 4 members (excludes halogenated alkanes) is 5. The Hall–Kier alpha value is -3.37. The maximum absolute atomic E-state index is 15.3. The van der Waals surface area contributed by atoms with Crippen molar-refractivity contribution in [3.63, 3.8) is 0 Å². The number of fused-ring (bicyclic) bond motifs is 1. The first-order chi connectivity index (χ1) is 17.7. The number of halogens is 1. The molecular formula is C35H37F. The number of hydrogen-bond acceptors (Lipinski definition) is 0. The van der Waals surface area contributed by atoms with Crippen LogP contribution in [0.3, 0.4) is 0 Å². The molecule has 0 aliphatic heterocycles. The molecule has 0 aromatic heterocycles. The molecule has 0 fully saturated rings. The first-order valence-electron chi connectivity index (χ1n) is 13.6. The third kappa shape index (κ3) is 6.86. The smallest absolute Gasteiger partial charge is 0.146 e. The predicted octanol–water partition coefficient (Wildman–Crippen LogP) is 9.90. The van der Waals surface area contributed by atoms with Crippen LogP contribution in [-0.2, 0) is 12.8 Å². The number of hydrogen-bond donors (Lipinski definition) is 0. The summed E-state index contributed by atoms with van der Waals surface area (Å²) in [5.74, 6) is 5.93. The average molecular weight is 477 g/mol. The lowest BCUT2D eigenvalue weighted by atomic mass is 9.97. The molecule has 0 amide bonds. The van der Waals surface area contributed by atoms with Gasteiger partial charge in [-0.05, 0) is 77.6 Å². The third-order valence-corrected chi connectivity index (χ3v) is 6.92. The summed E-state index contributed by atoms with van der Waals surface area (Å²) in [7, 11) is 0. The highest BCUT2D eigenvalue weighted by atomic mass is 19.1. The van der Waals surface area contributed by atoms with Gasteiger partial charge in [0.1, 0.15) is 5.82 Å². The fourth-order valence-corrected chi connectivity index (χ4v) is 4.66. The molecule has 0 aliphatic rings. The van der Waals surface area contributed by atoms with Crippen molar-refractivity contribution in [2.75, 3.05) is 0 Å². The fourth-order valence-electron chi connectivity index (χ4n) is 4.66. The van der Waals surface area contributed by atoms with E-state index in [0.717, 1.165) is 34.9 Å². The minimum Gasteiger partial charge on any atom is -0.205 e. The Morgan fingerprint density at radius 1 is 0.583 bits per heavy atom. The molecule has 4 rings (SSSR count). The molecule has 4 aromatic rings. The summed E-state index contributed by atoms with van der Waals surface area (Å²) in [6.45, 7) is 4.46. The highest BCUT2D eigenvalue weighted by molar-refractivity contribution is 5.89. The second kappa shape index (κ2) is 13.1. The number of benzene rings is 4. The second-order valence-electron chi connectivity index (χ2n) is 9.77. The van der Waals surface area contributed by atoms with E-state index >= 15 is 4.39 Å². The lowest BCUT2D eigenvalue weighted by molar-refractivity contribution is 0.636. The zero-order valence-electron chi connectivity index (χ0n) is 21.7. The summed E-state index contributed by atoms with van der Waals surface area (Å²) in [5.41, 5.74) is 6.35. The molecule has 184 valence electrons. The van der Waals surface area contributed by atoms with E-state index in [1.54, 1.807) is 6.07 Å². The van der Waals surface area contributed by atoms with Crippen LogP contribution >= 0.6 is 0 Å². The SMILES string of the molecule is CCCCCCc1ccc(-c2ccc3c(F)c(C#Cc4ccc(CCCCC)cc4)ccc3c2)cc1. The Kier molecular flexibility index (Phi) is 9.34. The van der Waals surface area contributed by atoms with Gasteiger partial charge < -0.3 is 0 Å². The van der Waals surface area contributed by atoms with Crippen molar-refractivity contribution in [1.29, 1.82) is 0 Å². The van der Waals surface area contributed by atoms with E-state index in [1.807, 2.05) is 30.3 Å². The van der Waals surface area contributed by atoms with Crippen molar-refractivity contribution in [3.05, 3.63) is 107 Å². The van der Waals surface area contributed by atoms with Gasteiger partial charge in [0.2, 0.25) is 0 Å². The van der Waals surface area contributed by atoms with Gasteiger partial charge in [-0.1, -0.05) is 112 Å². The molecule has 1 heteroatoms. The molecule has 0 saturated heterocycles. The summed E-state index contributed by atoms with van der Waals surface area (Å²) in [6.07, 6.45) is 11.1. The molecule has 0 heterocycles. The van der Waals surface area contributed by atoms with Crippen LogP contribution in [0.5, 0.6) is 0 Å². The van der Waals surface area contributed by atoms with Gasteiger partial charge in [-0.3, -0.25) is 0 Å². The maximum Gasteiger partial charge on any atom is 0.146 e. The van der Waals surface area contributed by atoms with Crippen molar-refractivity contribution < 1.29 is 4.39 Å². The van der Waals surface area contributed by atoms with Gasteiger partial charge in [-0.2, -0.15) is 0 Å². The third-order valence-electron chi connectivity index (χ3n) is 6.92. The molecule has 4 aromatic carbocycles.